The number of rotatable bonds is 15. The number of hydrogen-bond acceptors (Lipinski definition) is 7. The Kier molecular flexibility index (Phi) is 11.4. The van der Waals surface area contributed by atoms with Crippen LogP contribution in [-0.2, 0) is 30.4 Å². The number of nitrogens with two attached hydrogens (primary N) is 1. The molecule has 0 aliphatic heterocycles. The van der Waals surface area contributed by atoms with Crippen LogP contribution in [0, 0.1) is 0 Å². The van der Waals surface area contributed by atoms with Gasteiger partial charge in [-0.2, -0.15) is 11.8 Å². The summed E-state index contributed by atoms with van der Waals surface area (Å²) in [7, 11) is 0. The molecule has 0 radical (unpaired) electrons. The van der Waals surface area contributed by atoms with Gasteiger partial charge in [0.2, 0.25) is 17.7 Å². The number of carbonyl (C=O) groups excluding carboxylic acids is 3. The Hall–Kier alpha value is -3.58. The first kappa shape index (κ1) is 29.6. The molecule has 0 aliphatic rings. The Bertz CT molecular complexity index is 1120. The van der Waals surface area contributed by atoms with Crippen molar-refractivity contribution in [1.82, 2.24) is 20.9 Å². The maximum absolute atomic E-state index is 13.2. The van der Waals surface area contributed by atoms with Crippen LogP contribution < -0.4 is 21.7 Å². The molecule has 8 N–H and O–H groups in total. The zero-order valence-electron chi connectivity index (χ0n) is 20.7. The highest BCUT2D eigenvalue weighted by molar-refractivity contribution is 7.98. The first-order valence-corrected chi connectivity index (χ1v) is 13.1. The molecule has 0 saturated carbocycles. The molecule has 1 aromatic carbocycles. The van der Waals surface area contributed by atoms with E-state index in [9.17, 15) is 29.1 Å². The van der Waals surface area contributed by atoms with Crippen LogP contribution in [0.5, 0.6) is 0 Å². The number of fused-ring (bicyclic) bond motifs is 1. The van der Waals surface area contributed by atoms with E-state index in [0.717, 1.165) is 16.5 Å². The van der Waals surface area contributed by atoms with Crippen molar-refractivity contribution in [2.24, 2.45) is 5.73 Å². The third kappa shape index (κ3) is 9.10. The highest BCUT2D eigenvalue weighted by Gasteiger charge is 2.30. The topological polar surface area (TPSA) is 204 Å². The van der Waals surface area contributed by atoms with E-state index < -0.39 is 53.8 Å². The molecule has 0 bridgehead atoms. The lowest BCUT2D eigenvalue weighted by Crippen LogP contribution is -2.57. The minimum atomic E-state index is -1.23. The van der Waals surface area contributed by atoms with Crippen molar-refractivity contribution in [3.63, 3.8) is 0 Å². The largest absolute Gasteiger partial charge is 0.481 e. The van der Waals surface area contributed by atoms with E-state index in [-0.39, 0.29) is 25.7 Å². The number of thioether (sulfide) groups is 1. The van der Waals surface area contributed by atoms with Crippen LogP contribution in [0.3, 0.4) is 0 Å². The molecule has 0 saturated heterocycles. The standard InChI is InChI=1S/C24H33N5O7S/c1-13(24(35)36)27-23(34)19(11-14-12-26-17-6-4-3-5-15(14)17)29-22(33)18(9-10-37-2)28-21(32)16(25)7-8-20(30)31/h3-6,12-13,16,18-19,26H,7-11,25H2,1-2H3,(H,27,34)(H,28,32)(H,29,33)(H,30,31)(H,35,36). The molecule has 2 rings (SSSR count). The van der Waals surface area contributed by atoms with Crippen molar-refractivity contribution in [3.8, 4) is 0 Å². The number of hydrogen-bond donors (Lipinski definition) is 7. The summed E-state index contributed by atoms with van der Waals surface area (Å²) in [6.45, 7) is 1.31. The van der Waals surface area contributed by atoms with E-state index in [0.29, 0.717) is 5.75 Å². The van der Waals surface area contributed by atoms with Gasteiger partial charge < -0.3 is 36.9 Å². The van der Waals surface area contributed by atoms with Gasteiger partial charge in [-0.25, -0.2) is 0 Å². The van der Waals surface area contributed by atoms with Crippen LogP contribution in [0.25, 0.3) is 10.9 Å². The first-order chi connectivity index (χ1) is 17.5. The minimum absolute atomic E-state index is 0.0647. The molecule has 13 heteroatoms. The number of carbonyl (C=O) groups is 5. The van der Waals surface area contributed by atoms with Gasteiger partial charge in [-0.1, -0.05) is 18.2 Å². The highest BCUT2D eigenvalue weighted by Crippen LogP contribution is 2.19. The summed E-state index contributed by atoms with van der Waals surface area (Å²) in [6, 6.07) is 2.92. The van der Waals surface area contributed by atoms with Gasteiger partial charge in [0.15, 0.2) is 0 Å². The Morgan fingerprint density at radius 3 is 2.27 bits per heavy atom. The number of amides is 3. The van der Waals surface area contributed by atoms with Gasteiger partial charge in [0.25, 0.3) is 0 Å². The van der Waals surface area contributed by atoms with Crippen LogP contribution in [0.1, 0.15) is 31.7 Å². The summed E-state index contributed by atoms with van der Waals surface area (Å²) in [5.41, 5.74) is 7.35. The number of aromatic amines is 1. The van der Waals surface area contributed by atoms with Crippen LogP contribution in [0.15, 0.2) is 30.5 Å². The maximum atomic E-state index is 13.2. The third-order valence-electron chi connectivity index (χ3n) is 5.71. The minimum Gasteiger partial charge on any atom is -0.481 e. The van der Waals surface area contributed by atoms with Gasteiger partial charge in [0, 0.05) is 29.9 Å². The Balaban J connectivity index is 2.23. The molecule has 3 amide bonds. The number of para-hydroxylation sites is 1. The predicted octanol–water partition coefficient (Wildman–Crippen LogP) is 0.215. The summed E-state index contributed by atoms with van der Waals surface area (Å²) in [4.78, 5) is 63.9. The number of carboxylic acids is 2. The average molecular weight is 536 g/mol. The van der Waals surface area contributed by atoms with E-state index in [4.69, 9.17) is 10.8 Å². The summed E-state index contributed by atoms with van der Waals surface area (Å²) in [6.07, 6.45) is 3.44. The molecule has 1 heterocycles. The van der Waals surface area contributed by atoms with Gasteiger partial charge in [0.05, 0.1) is 6.04 Å². The number of aliphatic carboxylic acids is 2. The van der Waals surface area contributed by atoms with Crippen molar-refractivity contribution < 1.29 is 34.2 Å². The zero-order chi connectivity index (χ0) is 27.5. The summed E-state index contributed by atoms with van der Waals surface area (Å²) < 4.78 is 0. The fraction of sp³-hybridized carbons (Fsp3) is 0.458. The van der Waals surface area contributed by atoms with E-state index in [1.807, 2.05) is 30.5 Å². The predicted molar refractivity (Wildman–Crippen MR) is 139 cm³/mol. The molecule has 1 aromatic heterocycles. The maximum Gasteiger partial charge on any atom is 0.325 e. The molecule has 0 spiro atoms. The van der Waals surface area contributed by atoms with Crippen LogP contribution in [-0.4, -0.2) is 81.0 Å². The van der Waals surface area contributed by atoms with Crippen molar-refractivity contribution in [3.05, 3.63) is 36.0 Å². The molecule has 0 aliphatic carbocycles. The Labute approximate surface area is 218 Å². The molecule has 0 fully saturated rings. The summed E-state index contributed by atoms with van der Waals surface area (Å²) >= 11 is 1.45. The van der Waals surface area contributed by atoms with Gasteiger partial charge in [0.1, 0.15) is 18.1 Å². The van der Waals surface area contributed by atoms with E-state index in [1.54, 1.807) is 6.20 Å². The second-order valence-electron chi connectivity index (χ2n) is 8.57. The number of nitrogens with one attached hydrogen (secondary N) is 4. The lowest BCUT2D eigenvalue weighted by Gasteiger charge is -2.24. The molecule has 12 nitrogen and oxygen atoms in total. The molecule has 4 unspecified atom stereocenters. The number of H-pyrrole nitrogens is 1. The van der Waals surface area contributed by atoms with Gasteiger partial charge >= 0.3 is 11.9 Å². The van der Waals surface area contributed by atoms with Crippen LogP contribution >= 0.6 is 11.8 Å². The van der Waals surface area contributed by atoms with Crippen LogP contribution in [0.4, 0.5) is 0 Å². The van der Waals surface area contributed by atoms with Crippen molar-refractivity contribution in [1.29, 1.82) is 0 Å². The van der Waals surface area contributed by atoms with Crippen molar-refractivity contribution in [2.75, 3.05) is 12.0 Å². The monoisotopic (exact) mass is 535 g/mol. The lowest BCUT2D eigenvalue weighted by atomic mass is 10.0. The molecule has 37 heavy (non-hydrogen) atoms. The fourth-order valence-corrected chi connectivity index (χ4v) is 4.04. The second-order valence-corrected chi connectivity index (χ2v) is 9.56. The van der Waals surface area contributed by atoms with E-state index in [2.05, 4.69) is 20.9 Å². The Morgan fingerprint density at radius 2 is 1.62 bits per heavy atom. The van der Waals surface area contributed by atoms with E-state index >= 15 is 0 Å². The van der Waals surface area contributed by atoms with Gasteiger partial charge in [-0.3, -0.25) is 24.0 Å². The third-order valence-corrected chi connectivity index (χ3v) is 6.35. The number of benzene rings is 1. The Morgan fingerprint density at radius 1 is 0.973 bits per heavy atom. The molecule has 2 aromatic rings. The lowest BCUT2D eigenvalue weighted by molar-refractivity contribution is -0.142. The fourth-order valence-electron chi connectivity index (χ4n) is 3.57. The molecule has 4 atom stereocenters. The average Bonchev–Trinajstić information content (AvgIpc) is 3.26. The summed E-state index contributed by atoms with van der Waals surface area (Å²) in [5.74, 6) is -3.83. The van der Waals surface area contributed by atoms with Crippen LogP contribution in [0.2, 0.25) is 0 Å². The highest BCUT2D eigenvalue weighted by atomic mass is 32.2. The quantitative estimate of drug-likeness (QED) is 0.166. The van der Waals surface area contributed by atoms with Crippen molar-refractivity contribution in [2.45, 2.75) is 56.8 Å². The molecular formula is C24H33N5O7S. The normalized spacial score (nSPS) is 14.2. The molecular weight excluding hydrogens is 502 g/mol. The summed E-state index contributed by atoms with van der Waals surface area (Å²) in [5, 5.41) is 26.5. The zero-order valence-corrected chi connectivity index (χ0v) is 21.5. The SMILES string of the molecule is CSCCC(NC(=O)C(N)CCC(=O)O)C(=O)NC(Cc1c[nH]c2ccccc12)C(=O)NC(C)C(=O)O. The molecule has 202 valence electrons. The first-order valence-electron chi connectivity index (χ1n) is 11.7. The van der Waals surface area contributed by atoms with E-state index in [1.165, 1.54) is 18.7 Å². The smallest absolute Gasteiger partial charge is 0.325 e. The van der Waals surface area contributed by atoms with Gasteiger partial charge in [-0.15, -0.1) is 0 Å². The second kappa shape index (κ2) is 14.2. The van der Waals surface area contributed by atoms with Crippen molar-refractivity contribution >= 4 is 52.3 Å². The number of aromatic nitrogens is 1. The van der Waals surface area contributed by atoms with Gasteiger partial charge in [-0.05, 0) is 43.4 Å². The number of carboxylic acid groups (broad SMARTS) is 2.